The van der Waals surface area contributed by atoms with E-state index >= 15 is 0 Å². The van der Waals surface area contributed by atoms with Crippen LogP contribution in [-0.4, -0.2) is 54.7 Å². The number of hydrogen-bond acceptors (Lipinski definition) is 3. The minimum atomic E-state index is -0.433. The van der Waals surface area contributed by atoms with Crippen LogP contribution in [0.15, 0.2) is 48.5 Å². The molecule has 0 saturated carbocycles. The Labute approximate surface area is 150 Å². The second-order valence-electron chi connectivity index (χ2n) is 7.55. The Morgan fingerprint density at radius 3 is 2.08 bits per heavy atom. The summed E-state index contributed by atoms with van der Waals surface area (Å²) in [7, 11) is 2.19. The molecule has 3 heteroatoms. The molecule has 2 aliphatic rings. The van der Waals surface area contributed by atoms with Crippen molar-refractivity contribution in [2.45, 2.75) is 24.9 Å². The van der Waals surface area contributed by atoms with Crippen LogP contribution in [0.4, 0.5) is 0 Å². The molecule has 1 N–H and O–H groups in total. The van der Waals surface area contributed by atoms with Gasteiger partial charge in [0.25, 0.3) is 0 Å². The van der Waals surface area contributed by atoms with Gasteiger partial charge in [0.05, 0.1) is 6.10 Å². The maximum atomic E-state index is 11.3. The fourth-order valence-corrected chi connectivity index (χ4v) is 4.34. The predicted molar refractivity (Wildman–Crippen MR) is 102 cm³/mol. The van der Waals surface area contributed by atoms with E-state index in [4.69, 9.17) is 0 Å². The summed E-state index contributed by atoms with van der Waals surface area (Å²) in [5.74, 6) is 0.140. The van der Waals surface area contributed by atoms with E-state index in [9.17, 15) is 5.11 Å². The third-order valence-electron chi connectivity index (χ3n) is 5.92. The number of aryl methyl sites for hydroxylation is 2. The number of hydrogen-bond donors (Lipinski definition) is 1. The summed E-state index contributed by atoms with van der Waals surface area (Å²) >= 11 is 0. The standard InChI is InChI=1S/C22H28N2O/c1-23-12-14-24(15-13-23)16-21-19-8-4-2-6-17(19)10-11-18-7-3-5-9-20(18)22(21)25/h2-9,21-22,25H,10-16H2,1H3. The van der Waals surface area contributed by atoms with Crippen LogP contribution in [0.3, 0.4) is 0 Å². The lowest BCUT2D eigenvalue weighted by Gasteiger charge is -2.37. The minimum absolute atomic E-state index is 0.140. The van der Waals surface area contributed by atoms with E-state index < -0.39 is 6.10 Å². The van der Waals surface area contributed by atoms with Gasteiger partial charge in [0.1, 0.15) is 0 Å². The molecule has 0 radical (unpaired) electrons. The molecule has 3 nitrogen and oxygen atoms in total. The third kappa shape index (κ3) is 3.50. The minimum Gasteiger partial charge on any atom is -0.388 e. The van der Waals surface area contributed by atoms with Crippen molar-refractivity contribution in [1.82, 2.24) is 9.80 Å². The number of benzene rings is 2. The number of aliphatic hydroxyl groups excluding tert-OH is 1. The molecule has 2 unspecified atom stereocenters. The zero-order valence-electron chi connectivity index (χ0n) is 15.1. The van der Waals surface area contributed by atoms with Gasteiger partial charge in [-0.05, 0) is 42.1 Å². The van der Waals surface area contributed by atoms with E-state index in [1.807, 2.05) is 0 Å². The summed E-state index contributed by atoms with van der Waals surface area (Å²) in [5, 5.41) is 11.3. The molecular weight excluding hydrogens is 308 g/mol. The summed E-state index contributed by atoms with van der Waals surface area (Å²) in [4.78, 5) is 4.91. The Balaban J connectivity index is 1.68. The van der Waals surface area contributed by atoms with Crippen LogP contribution in [0.2, 0.25) is 0 Å². The van der Waals surface area contributed by atoms with Crippen molar-refractivity contribution in [3.05, 3.63) is 70.8 Å². The molecule has 25 heavy (non-hydrogen) atoms. The van der Waals surface area contributed by atoms with E-state index in [1.165, 1.54) is 16.7 Å². The molecule has 1 fully saturated rings. The van der Waals surface area contributed by atoms with Crippen LogP contribution in [-0.2, 0) is 12.8 Å². The fraction of sp³-hybridized carbons (Fsp3) is 0.455. The maximum Gasteiger partial charge on any atom is 0.0873 e. The number of aliphatic hydroxyl groups is 1. The second-order valence-corrected chi connectivity index (χ2v) is 7.55. The zero-order chi connectivity index (χ0) is 17.2. The molecule has 2 aromatic carbocycles. The number of piperazine rings is 1. The van der Waals surface area contributed by atoms with Crippen molar-refractivity contribution in [3.8, 4) is 0 Å². The molecule has 0 spiro atoms. The number of likely N-dealkylation sites (N-methyl/N-ethyl adjacent to an activating group) is 1. The normalized spacial score (nSPS) is 24.9. The van der Waals surface area contributed by atoms with E-state index in [2.05, 4.69) is 65.4 Å². The average molecular weight is 336 g/mol. The molecular formula is C22H28N2O. The van der Waals surface area contributed by atoms with Crippen LogP contribution in [0, 0.1) is 0 Å². The highest BCUT2D eigenvalue weighted by molar-refractivity contribution is 5.40. The zero-order valence-corrected chi connectivity index (χ0v) is 15.1. The smallest absolute Gasteiger partial charge is 0.0873 e. The van der Waals surface area contributed by atoms with Crippen molar-refractivity contribution >= 4 is 0 Å². The number of fused-ring (bicyclic) bond motifs is 2. The summed E-state index contributed by atoms with van der Waals surface area (Å²) in [5.41, 5.74) is 5.16. The second kappa shape index (κ2) is 7.28. The fourth-order valence-electron chi connectivity index (χ4n) is 4.34. The van der Waals surface area contributed by atoms with Gasteiger partial charge in [-0.3, -0.25) is 0 Å². The lowest BCUT2D eigenvalue weighted by molar-refractivity contribution is 0.0918. The lowest BCUT2D eigenvalue weighted by atomic mass is 9.80. The van der Waals surface area contributed by atoms with Crippen LogP contribution in [0.25, 0.3) is 0 Å². The first-order chi connectivity index (χ1) is 12.2. The van der Waals surface area contributed by atoms with Crippen LogP contribution in [0.1, 0.15) is 34.3 Å². The molecule has 1 heterocycles. The molecule has 4 rings (SSSR count). The number of rotatable bonds is 2. The summed E-state index contributed by atoms with van der Waals surface area (Å²) in [6.45, 7) is 5.33. The predicted octanol–water partition coefficient (Wildman–Crippen LogP) is 2.85. The third-order valence-corrected chi connectivity index (χ3v) is 5.92. The first-order valence-electron chi connectivity index (χ1n) is 9.47. The van der Waals surface area contributed by atoms with E-state index in [0.29, 0.717) is 0 Å². The van der Waals surface area contributed by atoms with Crippen molar-refractivity contribution < 1.29 is 5.11 Å². The topological polar surface area (TPSA) is 26.7 Å². The van der Waals surface area contributed by atoms with Crippen LogP contribution < -0.4 is 0 Å². The van der Waals surface area contributed by atoms with Crippen molar-refractivity contribution in [2.24, 2.45) is 0 Å². The molecule has 0 bridgehead atoms. The van der Waals surface area contributed by atoms with E-state index in [-0.39, 0.29) is 5.92 Å². The summed E-state index contributed by atoms with van der Waals surface area (Å²) in [6.07, 6.45) is 1.63. The highest BCUT2D eigenvalue weighted by Gasteiger charge is 2.30. The highest BCUT2D eigenvalue weighted by atomic mass is 16.3. The Morgan fingerprint density at radius 2 is 1.40 bits per heavy atom. The molecule has 0 aromatic heterocycles. The highest BCUT2D eigenvalue weighted by Crippen LogP contribution is 2.38. The van der Waals surface area contributed by atoms with Gasteiger partial charge in [-0.25, -0.2) is 0 Å². The molecule has 1 aliphatic heterocycles. The molecule has 2 atom stereocenters. The van der Waals surface area contributed by atoms with Gasteiger partial charge in [0.2, 0.25) is 0 Å². The Kier molecular flexibility index (Phi) is 4.89. The average Bonchev–Trinajstić information content (AvgIpc) is 2.65. The first kappa shape index (κ1) is 16.8. The first-order valence-corrected chi connectivity index (χ1v) is 9.47. The van der Waals surface area contributed by atoms with Gasteiger partial charge in [-0.15, -0.1) is 0 Å². The van der Waals surface area contributed by atoms with Crippen molar-refractivity contribution in [2.75, 3.05) is 39.8 Å². The van der Waals surface area contributed by atoms with Crippen LogP contribution in [0.5, 0.6) is 0 Å². The number of nitrogens with zero attached hydrogens (tertiary/aromatic N) is 2. The monoisotopic (exact) mass is 336 g/mol. The van der Waals surface area contributed by atoms with Gasteiger partial charge in [-0.1, -0.05) is 48.5 Å². The molecule has 0 amide bonds. The van der Waals surface area contributed by atoms with Crippen molar-refractivity contribution in [3.63, 3.8) is 0 Å². The SMILES string of the molecule is CN1CCN(CC2c3ccccc3CCc3ccccc3C2O)CC1. The Bertz CT molecular complexity index is 721. The maximum absolute atomic E-state index is 11.3. The molecule has 1 saturated heterocycles. The van der Waals surface area contributed by atoms with Gasteiger partial charge in [0, 0.05) is 38.6 Å². The summed E-state index contributed by atoms with van der Waals surface area (Å²) in [6, 6.07) is 17.2. The molecule has 1 aliphatic carbocycles. The lowest BCUT2D eigenvalue weighted by Crippen LogP contribution is -2.46. The molecule has 132 valence electrons. The van der Waals surface area contributed by atoms with Gasteiger partial charge < -0.3 is 14.9 Å². The quantitative estimate of drug-likeness (QED) is 0.913. The summed E-state index contributed by atoms with van der Waals surface area (Å²) < 4.78 is 0. The van der Waals surface area contributed by atoms with Gasteiger partial charge in [-0.2, -0.15) is 0 Å². The Morgan fingerprint density at radius 1 is 0.840 bits per heavy atom. The van der Waals surface area contributed by atoms with Gasteiger partial charge in [0.15, 0.2) is 0 Å². The van der Waals surface area contributed by atoms with Crippen LogP contribution >= 0.6 is 0 Å². The largest absolute Gasteiger partial charge is 0.388 e. The Hall–Kier alpha value is -1.68. The van der Waals surface area contributed by atoms with E-state index in [0.717, 1.165) is 51.1 Å². The van der Waals surface area contributed by atoms with Gasteiger partial charge >= 0.3 is 0 Å². The van der Waals surface area contributed by atoms with E-state index in [1.54, 1.807) is 0 Å². The van der Waals surface area contributed by atoms with Crippen molar-refractivity contribution in [1.29, 1.82) is 0 Å². The molecule has 2 aromatic rings.